The second kappa shape index (κ2) is 5.45. The Kier molecular flexibility index (Phi) is 3.50. The van der Waals surface area contributed by atoms with E-state index in [1.54, 1.807) is 18.2 Å². The van der Waals surface area contributed by atoms with Gasteiger partial charge < -0.3 is 9.94 Å². The van der Waals surface area contributed by atoms with Crippen LogP contribution >= 0.6 is 0 Å². The van der Waals surface area contributed by atoms with E-state index in [1.165, 1.54) is 0 Å². The first-order valence-electron chi connectivity index (χ1n) is 6.55. The standard InChI is InChI=1S/C16H15NO3/c18-16(19)14-6-2-4-12(10-14)11-3-1-5-13(9-11)15-7-8-20-17-15/h1-6,9-10,15,17H,7-8H2,(H,18,19)/t15-/m1/s1. The predicted octanol–water partition coefficient (Wildman–Crippen LogP) is 3.02. The fourth-order valence-electron chi connectivity index (χ4n) is 2.40. The Balaban J connectivity index is 1.95. The van der Waals surface area contributed by atoms with Crippen molar-refractivity contribution in [2.45, 2.75) is 12.5 Å². The van der Waals surface area contributed by atoms with Crippen molar-refractivity contribution in [1.29, 1.82) is 0 Å². The van der Waals surface area contributed by atoms with Crippen LogP contribution in [0.25, 0.3) is 11.1 Å². The molecule has 2 aromatic carbocycles. The molecule has 0 aliphatic carbocycles. The number of benzene rings is 2. The number of carbonyl (C=O) groups is 1. The van der Waals surface area contributed by atoms with Crippen molar-refractivity contribution in [3.63, 3.8) is 0 Å². The topological polar surface area (TPSA) is 58.6 Å². The van der Waals surface area contributed by atoms with Crippen LogP contribution in [0.15, 0.2) is 48.5 Å². The van der Waals surface area contributed by atoms with Gasteiger partial charge >= 0.3 is 5.97 Å². The summed E-state index contributed by atoms with van der Waals surface area (Å²) in [5.74, 6) is -0.908. The molecule has 0 aromatic heterocycles. The number of nitrogens with one attached hydrogen (secondary N) is 1. The first kappa shape index (κ1) is 12.8. The Morgan fingerprint density at radius 1 is 1.15 bits per heavy atom. The third-order valence-electron chi connectivity index (χ3n) is 3.47. The summed E-state index contributed by atoms with van der Waals surface area (Å²) in [6, 6.07) is 15.3. The van der Waals surface area contributed by atoms with Gasteiger partial charge in [0.05, 0.1) is 18.2 Å². The molecule has 4 nitrogen and oxygen atoms in total. The van der Waals surface area contributed by atoms with E-state index in [-0.39, 0.29) is 6.04 Å². The fraction of sp³-hybridized carbons (Fsp3) is 0.188. The van der Waals surface area contributed by atoms with Gasteiger partial charge in [0.15, 0.2) is 0 Å². The normalized spacial score (nSPS) is 18.1. The third-order valence-corrected chi connectivity index (χ3v) is 3.47. The van der Waals surface area contributed by atoms with Gasteiger partial charge in [-0.05, 0) is 41.3 Å². The highest BCUT2D eigenvalue weighted by molar-refractivity contribution is 5.89. The minimum atomic E-state index is -0.908. The van der Waals surface area contributed by atoms with Crippen LogP contribution in [0.5, 0.6) is 0 Å². The Morgan fingerprint density at radius 3 is 2.60 bits per heavy atom. The van der Waals surface area contributed by atoms with E-state index in [2.05, 4.69) is 17.6 Å². The molecule has 0 saturated carbocycles. The summed E-state index contributed by atoms with van der Waals surface area (Å²) in [6.45, 7) is 0.712. The highest BCUT2D eigenvalue weighted by atomic mass is 16.7. The maximum Gasteiger partial charge on any atom is 0.335 e. The van der Waals surface area contributed by atoms with Gasteiger partial charge in [0.25, 0.3) is 0 Å². The molecule has 0 unspecified atom stereocenters. The molecule has 1 heterocycles. The van der Waals surface area contributed by atoms with Gasteiger partial charge in [-0.25, -0.2) is 4.79 Å². The summed E-state index contributed by atoms with van der Waals surface area (Å²) in [5, 5.41) is 9.06. The molecule has 0 amide bonds. The van der Waals surface area contributed by atoms with Gasteiger partial charge in [0, 0.05) is 0 Å². The lowest BCUT2D eigenvalue weighted by molar-refractivity contribution is 0.0697. The molecule has 0 spiro atoms. The molecule has 1 atom stereocenters. The number of hydrogen-bond donors (Lipinski definition) is 2. The average Bonchev–Trinajstić information content (AvgIpc) is 3.02. The second-order valence-corrected chi connectivity index (χ2v) is 4.82. The van der Waals surface area contributed by atoms with E-state index < -0.39 is 5.97 Å². The number of hydrogen-bond acceptors (Lipinski definition) is 3. The first-order chi connectivity index (χ1) is 9.74. The lowest BCUT2D eigenvalue weighted by atomic mass is 9.98. The van der Waals surface area contributed by atoms with Crippen molar-refractivity contribution in [2.75, 3.05) is 6.61 Å². The van der Waals surface area contributed by atoms with Crippen molar-refractivity contribution in [3.8, 4) is 11.1 Å². The van der Waals surface area contributed by atoms with Gasteiger partial charge in [-0.3, -0.25) is 0 Å². The molecular weight excluding hydrogens is 254 g/mol. The van der Waals surface area contributed by atoms with E-state index in [0.29, 0.717) is 12.2 Å². The zero-order chi connectivity index (χ0) is 13.9. The minimum Gasteiger partial charge on any atom is -0.478 e. The molecule has 0 radical (unpaired) electrons. The maximum atomic E-state index is 11.0. The zero-order valence-corrected chi connectivity index (χ0v) is 10.9. The van der Waals surface area contributed by atoms with Crippen molar-refractivity contribution in [2.24, 2.45) is 0 Å². The molecular formula is C16H15NO3. The third kappa shape index (κ3) is 2.57. The zero-order valence-electron chi connectivity index (χ0n) is 10.9. The van der Waals surface area contributed by atoms with Crippen LogP contribution in [-0.2, 0) is 4.84 Å². The Labute approximate surface area is 117 Å². The van der Waals surface area contributed by atoms with Crippen LogP contribution in [0.2, 0.25) is 0 Å². The van der Waals surface area contributed by atoms with E-state index in [9.17, 15) is 4.79 Å². The largest absolute Gasteiger partial charge is 0.478 e. The molecule has 1 saturated heterocycles. The summed E-state index contributed by atoms with van der Waals surface area (Å²) < 4.78 is 0. The molecule has 2 aromatic rings. The first-order valence-corrected chi connectivity index (χ1v) is 6.55. The smallest absolute Gasteiger partial charge is 0.335 e. The molecule has 0 bridgehead atoms. The second-order valence-electron chi connectivity index (χ2n) is 4.82. The molecule has 20 heavy (non-hydrogen) atoms. The summed E-state index contributed by atoms with van der Waals surface area (Å²) >= 11 is 0. The number of rotatable bonds is 3. The number of carboxylic acid groups (broad SMARTS) is 1. The molecule has 2 N–H and O–H groups in total. The van der Waals surface area contributed by atoms with Gasteiger partial charge in [-0.15, -0.1) is 0 Å². The van der Waals surface area contributed by atoms with Crippen molar-refractivity contribution < 1.29 is 14.7 Å². The van der Waals surface area contributed by atoms with E-state index in [0.717, 1.165) is 23.1 Å². The van der Waals surface area contributed by atoms with Crippen molar-refractivity contribution in [1.82, 2.24) is 5.48 Å². The van der Waals surface area contributed by atoms with Gasteiger partial charge in [-0.1, -0.05) is 30.3 Å². The monoisotopic (exact) mass is 269 g/mol. The predicted molar refractivity (Wildman–Crippen MR) is 75.3 cm³/mol. The van der Waals surface area contributed by atoms with E-state index in [1.807, 2.05) is 18.2 Å². The molecule has 3 rings (SSSR count). The molecule has 4 heteroatoms. The van der Waals surface area contributed by atoms with Gasteiger partial charge in [-0.2, -0.15) is 5.48 Å². The number of carboxylic acids is 1. The molecule has 1 aliphatic rings. The van der Waals surface area contributed by atoms with Crippen molar-refractivity contribution in [3.05, 3.63) is 59.7 Å². The van der Waals surface area contributed by atoms with Gasteiger partial charge in [0.2, 0.25) is 0 Å². The Bertz CT molecular complexity index is 633. The Morgan fingerprint density at radius 2 is 1.90 bits per heavy atom. The van der Waals surface area contributed by atoms with E-state index in [4.69, 9.17) is 9.94 Å². The lowest BCUT2D eigenvalue weighted by Gasteiger charge is -2.11. The lowest BCUT2D eigenvalue weighted by Crippen LogP contribution is -2.11. The maximum absolute atomic E-state index is 11.0. The van der Waals surface area contributed by atoms with Crippen LogP contribution in [0.3, 0.4) is 0 Å². The molecule has 102 valence electrons. The molecule has 1 aliphatic heterocycles. The van der Waals surface area contributed by atoms with Crippen LogP contribution in [0.4, 0.5) is 0 Å². The van der Waals surface area contributed by atoms with Crippen LogP contribution in [-0.4, -0.2) is 17.7 Å². The summed E-state index contributed by atoms with van der Waals surface area (Å²) in [4.78, 5) is 16.2. The number of hydroxylamine groups is 1. The highest BCUT2D eigenvalue weighted by Crippen LogP contribution is 2.27. The summed E-state index contributed by atoms with van der Waals surface area (Å²) in [6.07, 6.45) is 0.943. The highest BCUT2D eigenvalue weighted by Gasteiger charge is 2.17. The summed E-state index contributed by atoms with van der Waals surface area (Å²) in [7, 11) is 0. The van der Waals surface area contributed by atoms with Crippen LogP contribution in [0.1, 0.15) is 28.4 Å². The minimum absolute atomic E-state index is 0.206. The SMILES string of the molecule is O=C(O)c1cccc(-c2cccc([C@H]3CCON3)c2)c1. The molecule has 1 fully saturated rings. The number of aromatic carboxylic acids is 1. The van der Waals surface area contributed by atoms with Crippen molar-refractivity contribution >= 4 is 5.97 Å². The van der Waals surface area contributed by atoms with E-state index >= 15 is 0 Å². The average molecular weight is 269 g/mol. The summed E-state index contributed by atoms with van der Waals surface area (Å²) in [5.41, 5.74) is 6.36. The van der Waals surface area contributed by atoms with Gasteiger partial charge in [0.1, 0.15) is 0 Å². The van der Waals surface area contributed by atoms with Crippen LogP contribution < -0.4 is 5.48 Å². The fourth-order valence-corrected chi connectivity index (χ4v) is 2.40. The Hall–Kier alpha value is -2.17. The quantitative estimate of drug-likeness (QED) is 0.899. The van der Waals surface area contributed by atoms with Crippen LogP contribution in [0, 0.1) is 0 Å².